The van der Waals surface area contributed by atoms with Crippen molar-refractivity contribution in [3.8, 4) is 11.1 Å². The molecule has 6 heteroatoms. The summed E-state index contributed by atoms with van der Waals surface area (Å²) in [5.41, 5.74) is 5.10. The molecule has 1 unspecified atom stereocenters. The van der Waals surface area contributed by atoms with Gasteiger partial charge in [0.25, 0.3) is 5.91 Å². The fourth-order valence-corrected chi connectivity index (χ4v) is 4.40. The van der Waals surface area contributed by atoms with E-state index in [4.69, 9.17) is 0 Å². The first-order valence-corrected chi connectivity index (χ1v) is 10.6. The number of aromatic amines is 1. The molecule has 1 aromatic heterocycles. The third kappa shape index (κ3) is 3.82. The largest absolute Gasteiger partial charge is 0.353 e. The van der Waals surface area contributed by atoms with E-state index in [1.54, 1.807) is 0 Å². The molecule has 0 radical (unpaired) electrons. The smallest absolute Gasteiger partial charge is 0.253 e. The molecule has 0 aliphatic heterocycles. The lowest BCUT2D eigenvalue weighted by atomic mass is 9.97. The molecule has 2 atom stereocenters. The van der Waals surface area contributed by atoms with Gasteiger partial charge in [-0.15, -0.1) is 0 Å². The van der Waals surface area contributed by atoms with E-state index in [1.165, 1.54) is 5.56 Å². The molecule has 1 aliphatic carbocycles. The first-order valence-electron chi connectivity index (χ1n) is 10.6. The molecule has 4 rings (SSSR count). The highest BCUT2D eigenvalue weighted by Crippen LogP contribution is 2.30. The third-order valence-corrected chi connectivity index (χ3v) is 6.30. The summed E-state index contributed by atoms with van der Waals surface area (Å²) in [5.74, 6) is 0.102. The van der Waals surface area contributed by atoms with Gasteiger partial charge in [-0.1, -0.05) is 25.1 Å². The second kappa shape index (κ2) is 8.30. The van der Waals surface area contributed by atoms with E-state index < -0.39 is 0 Å². The number of amides is 2. The number of aromatic nitrogens is 2. The number of nitrogens with zero attached hydrogens (tertiary/aromatic N) is 2. The first kappa shape index (κ1) is 20.1. The second-order valence-corrected chi connectivity index (χ2v) is 8.15. The average molecular weight is 405 g/mol. The topological polar surface area (TPSA) is 78.1 Å². The number of hydrogen-bond donors (Lipinski definition) is 2. The lowest BCUT2D eigenvalue weighted by Gasteiger charge is -2.25. The Labute approximate surface area is 176 Å². The number of nitrogens with one attached hydrogen (secondary N) is 2. The van der Waals surface area contributed by atoms with Crippen molar-refractivity contribution in [3.05, 3.63) is 53.7 Å². The Bertz CT molecular complexity index is 1070. The van der Waals surface area contributed by atoms with Crippen LogP contribution in [-0.4, -0.2) is 46.0 Å². The monoisotopic (exact) mass is 404 g/mol. The second-order valence-electron chi connectivity index (χ2n) is 8.15. The van der Waals surface area contributed by atoms with Gasteiger partial charge in [-0.25, -0.2) is 0 Å². The van der Waals surface area contributed by atoms with E-state index >= 15 is 0 Å². The zero-order chi connectivity index (χ0) is 21.3. The van der Waals surface area contributed by atoms with Gasteiger partial charge in [-0.3, -0.25) is 14.7 Å². The van der Waals surface area contributed by atoms with Crippen LogP contribution in [0, 0.1) is 6.92 Å². The molecule has 0 spiro atoms. The molecule has 1 fully saturated rings. The van der Waals surface area contributed by atoms with Crippen LogP contribution in [0.5, 0.6) is 0 Å². The maximum Gasteiger partial charge on any atom is 0.253 e. The van der Waals surface area contributed by atoms with E-state index in [0.29, 0.717) is 12.0 Å². The van der Waals surface area contributed by atoms with Gasteiger partial charge in [-0.2, -0.15) is 5.10 Å². The maximum atomic E-state index is 13.0. The zero-order valence-corrected chi connectivity index (χ0v) is 17.7. The molecule has 2 N–H and O–H groups in total. The van der Waals surface area contributed by atoms with E-state index in [1.807, 2.05) is 55.4 Å². The van der Waals surface area contributed by atoms with E-state index in [0.717, 1.165) is 41.3 Å². The van der Waals surface area contributed by atoms with Crippen LogP contribution in [0.1, 0.15) is 48.5 Å². The van der Waals surface area contributed by atoms with Gasteiger partial charge < -0.3 is 10.2 Å². The summed E-state index contributed by atoms with van der Waals surface area (Å²) >= 11 is 0. The normalized spacial score (nSPS) is 18.5. The number of carbonyl (C=O) groups is 2. The number of hydrogen-bond acceptors (Lipinski definition) is 3. The molecular weight excluding hydrogens is 376 g/mol. The van der Waals surface area contributed by atoms with Crippen molar-refractivity contribution in [2.45, 2.75) is 51.6 Å². The van der Waals surface area contributed by atoms with Crippen LogP contribution in [-0.2, 0) is 4.79 Å². The van der Waals surface area contributed by atoms with Gasteiger partial charge in [0, 0.05) is 36.5 Å². The van der Waals surface area contributed by atoms with Crippen molar-refractivity contribution >= 4 is 22.7 Å². The van der Waals surface area contributed by atoms with Crippen LogP contribution in [0.25, 0.3) is 22.0 Å². The molecule has 1 aliphatic rings. The average Bonchev–Trinajstić information content (AvgIpc) is 3.43. The highest BCUT2D eigenvalue weighted by atomic mass is 16.2. The molecule has 1 heterocycles. The van der Waals surface area contributed by atoms with Crippen molar-refractivity contribution in [1.82, 2.24) is 20.4 Å². The quantitative estimate of drug-likeness (QED) is 0.673. The van der Waals surface area contributed by atoms with Gasteiger partial charge in [-0.05, 0) is 61.1 Å². The van der Waals surface area contributed by atoms with Crippen molar-refractivity contribution in [3.63, 3.8) is 0 Å². The lowest BCUT2D eigenvalue weighted by molar-refractivity contribution is -0.121. The molecule has 3 aromatic rings. The van der Waals surface area contributed by atoms with Gasteiger partial charge in [0.2, 0.25) is 5.91 Å². The molecule has 0 bridgehead atoms. The predicted molar refractivity (Wildman–Crippen MR) is 118 cm³/mol. The number of carbonyl (C=O) groups excluding carboxylic acids is 2. The van der Waals surface area contributed by atoms with Crippen molar-refractivity contribution in [2.24, 2.45) is 0 Å². The van der Waals surface area contributed by atoms with Crippen LogP contribution >= 0.6 is 0 Å². The summed E-state index contributed by atoms with van der Waals surface area (Å²) in [5, 5.41) is 11.3. The van der Waals surface area contributed by atoms with Crippen LogP contribution in [0.15, 0.2) is 42.6 Å². The van der Waals surface area contributed by atoms with Crippen LogP contribution in [0.4, 0.5) is 0 Å². The molecule has 156 valence electrons. The Kier molecular flexibility index (Phi) is 5.57. The Morgan fingerprint density at radius 2 is 1.93 bits per heavy atom. The first-order chi connectivity index (χ1) is 14.5. The summed E-state index contributed by atoms with van der Waals surface area (Å²) in [6.45, 7) is 3.95. The number of fused-ring (bicyclic) bond motifs is 1. The predicted octanol–water partition coefficient (Wildman–Crippen LogP) is 4.06. The Hall–Kier alpha value is -3.15. The Balaban J connectivity index is 1.46. The SMILES string of the molecule is CCC(=O)N[C@H]1CCC(N(C)C(=O)c2ccc(-c3ccc4[nH]ncc4c3C)cc2)C1. The van der Waals surface area contributed by atoms with Crippen LogP contribution < -0.4 is 5.32 Å². The highest BCUT2D eigenvalue weighted by Gasteiger charge is 2.30. The summed E-state index contributed by atoms with van der Waals surface area (Å²) in [4.78, 5) is 26.5. The van der Waals surface area contributed by atoms with Gasteiger partial charge in [0.15, 0.2) is 0 Å². The van der Waals surface area contributed by atoms with E-state index in [-0.39, 0.29) is 23.9 Å². The summed E-state index contributed by atoms with van der Waals surface area (Å²) < 4.78 is 0. The Morgan fingerprint density at radius 1 is 1.17 bits per heavy atom. The van der Waals surface area contributed by atoms with Crippen molar-refractivity contribution in [2.75, 3.05) is 7.05 Å². The lowest BCUT2D eigenvalue weighted by Crippen LogP contribution is -2.38. The van der Waals surface area contributed by atoms with Gasteiger partial charge >= 0.3 is 0 Å². The van der Waals surface area contributed by atoms with E-state index in [9.17, 15) is 9.59 Å². The van der Waals surface area contributed by atoms with Crippen molar-refractivity contribution < 1.29 is 9.59 Å². The standard InChI is InChI=1S/C24H28N4O2/c1-4-23(29)26-18-9-10-19(13-18)28(3)24(30)17-7-5-16(6-8-17)20-11-12-22-21(15(20)2)14-25-27-22/h5-8,11-12,14,18-19H,4,9-10,13H2,1-3H3,(H,25,27)(H,26,29)/t18-,19?/m0/s1. The fraction of sp³-hybridized carbons (Fsp3) is 0.375. The Morgan fingerprint density at radius 3 is 2.67 bits per heavy atom. The van der Waals surface area contributed by atoms with Crippen LogP contribution in [0.3, 0.4) is 0 Å². The molecule has 2 aromatic carbocycles. The van der Waals surface area contributed by atoms with Crippen LogP contribution in [0.2, 0.25) is 0 Å². The molecule has 2 amide bonds. The summed E-state index contributed by atoms with van der Waals surface area (Å²) in [7, 11) is 1.86. The third-order valence-electron chi connectivity index (χ3n) is 6.30. The number of H-pyrrole nitrogens is 1. The summed E-state index contributed by atoms with van der Waals surface area (Å²) in [6.07, 6.45) is 4.99. The summed E-state index contributed by atoms with van der Waals surface area (Å²) in [6, 6.07) is 12.3. The zero-order valence-electron chi connectivity index (χ0n) is 17.7. The van der Waals surface area contributed by atoms with Crippen molar-refractivity contribution in [1.29, 1.82) is 0 Å². The minimum atomic E-state index is 0.0241. The molecular formula is C24H28N4O2. The fourth-order valence-electron chi connectivity index (χ4n) is 4.40. The van der Waals surface area contributed by atoms with E-state index in [2.05, 4.69) is 28.5 Å². The molecule has 6 nitrogen and oxygen atoms in total. The minimum absolute atomic E-state index is 0.0241. The highest BCUT2D eigenvalue weighted by molar-refractivity contribution is 5.95. The number of benzene rings is 2. The van der Waals surface area contributed by atoms with Gasteiger partial charge in [0.05, 0.1) is 11.7 Å². The number of rotatable bonds is 5. The maximum absolute atomic E-state index is 13.0. The number of aryl methyl sites for hydroxylation is 1. The molecule has 1 saturated carbocycles. The van der Waals surface area contributed by atoms with Gasteiger partial charge in [0.1, 0.15) is 0 Å². The minimum Gasteiger partial charge on any atom is -0.353 e. The molecule has 0 saturated heterocycles. The molecule has 30 heavy (non-hydrogen) atoms.